The first-order chi connectivity index (χ1) is 36.5. The molecule has 2 aromatic carbocycles. The highest BCUT2D eigenvalue weighted by Crippen LogP contribution is 2.39. The lowest BCUT2D eigenvalue weighted by atomic mass is 9.89. The number of esters is 1. The van der Waals surface area contributed by atoms with Gasteiger partial charge in [0.15, 0.2) is 23.8 Å². The van der Waals surface area contributed by atoms with Gasteiger partial charge in [0.1, 0.15) is 29.6 Å². The van der Waals surface area contributed by atoms with Crippen molar-refractivity contribution < 1.29 is 78.5 Å². The molecule has 2 aromatic rings. The molecule has 23 heteroatoms. The molecule has 7 atom stereocenters. The number of nitrogens with two attached hydrogens (primary N) is 1. The van der Waals surface area contributed by atoms with E-state index in [0.29, 0.717) is 12.0 Å². The smallest absolute Gasteiger partial charge is 0.336 e. The molecule has 1 aliphatic heterocycles. The number of phenols is 2. The molecule has 2 unspecified atom stereocenters. The molecule has 0 aromatic heterocycles. The molecule has 0 radical (unpaired) electrons. The van der Waals surface area contributed by atoms with Gasteiger partial charge in [0, 0.05) is 69.8 Å². The van der Waals surface area contributed by atoms with Crippen LogP contribution in [-0.2, 0) is 54.3 Å². The minimum Gasteiger partial charge on any atom is -0.507 e. The van der Waals surface area contributed by atoms with Crippen molar-refractivity contribution in [2.24, 2.45) is 11.7 Å². The van der Waals surface area contributed by atoms with Crippen molar-refractivity contribution in [3.8, 4) is 22.6 Å². The third-order valence-corrected chi connectivity index (χ3v) is 13.5. The van der Waals surface area contributed by atoms with E-state index in [1.807, 2.05) is 0 Å². The summed E-state index contributed by atoms with van der Waals surface area (Å²) >= 11 is 0. The summed E-state index contributed by atoms with van der Waals surface area (Å²) in [7, 11) is 3.84. The van der Waals surface area contributed by atoms with Gasteiger partial charge in [-0.2, -0.15) is 0 Å². The van der Waals surface area contributed by atoms with Gasteiger partial charge in [-0.1, -0.05) is 103 Å². The number of carbonyl (C=O) groups excluding carboxylic acids is 8. The summed E-state index contributed by atoms with van der Waals surface area (Å²) in [4.78, 5) is 118. The van der Waals surface area contributed by atoms with Crippen molar-refractivity contribution in [1.29, 1.82) is 0 Å². The molecule has 5 amide bonds. The van der Waals surface area contributed by atoms with E-state index < -0.39 is 115 Å². The summed E-state index contributed by atoms with van der Waals surface area (Å²) in [5, 5.41) is 65.8. The number of benzene rings is 2. The summed E-state index contributed by atoms with van der Waals surface area (Å²) in [5.41, 5.74) is 5.58. The lowest BCUT2D eigenvalue weighted by Gasteiger charge is -2.30. The first kappa shape index (κ1) is 69.8. The van der Waals surface area contributed by atoms with E-state index in [1.54, 1.807) is 0 Å². The monoisotopic (exact) mass is 1120 g/mol. The van der Waals surface area contributed by atoms with E-state index in [0.717, 1.165) is 31.3 Å². The van der Waals surface area contributed by atoms with E-state index >= 15 is 0 Å². The van der Waals surface area contributed by atoms with Gasteiger partial charge < -0.3 is 66.9 Å². The van der Waals surface area contributed by atoms with E-state index in [4.69, 9.17) is 15.9 Å². The number of carbonyl (C=O) groups is 9. The number of nitrogens with one attached hydrogen (secondary N) is 3. The van der Waals surface area contributed by atoms with Crippen LogP contribution in [0.1, 0.15) is 147 Å². The highest BCUT2D eigenvalue weighted by atomic mass is 35.5. The molecule has 0 fully saturated rings. The predicted molar refractivity (Wildman–Crippen MR) is 292 cm³/mol. The third kappa shape index (κ3) is 23.4. The predicted octanol–water partition coefficient (Wildman–Crippen LogP) is 3.52. The molecule has 0 aliphatic carbocycles. The fourth-order valence-corrected chi connectivity index (χ4v) is 8.58. The Bertz CT molecular complexity index is 2290. The van der Waals surface area contributed by atoms with Gasteiger partial charge in [-0.05, 0) is 48.7 Å². The minimum atomic E-state index is -1.69. The van der Waals surface area contributed by atoms with Crippen LogP contribution in [0.5, 0.6) is 11.5 Å². The van der Waals surface area contributed by atoms with Crippen LogP contribution in [0.15, 0.2) is 36.4 Å². The van der Waals surface area contributed by atoms with Gasteiger partial charge in [0.2, 0.25) is 29.5 Å². The zero-order chi connectivity index (χ0) is 57.8. The molecule has 3 rings (SSSR count). The number of ether oxygens (including phenoxy) is 1. The molecule has 0 spiro atoms. The first-order valence-corrected chi connectivity index (χ1v) is 26.6. The van der Waals surface area contributed by atoms with Crippen molar-refractivity contribution in [2.75, 3.05) is 40.9 Å². The second-order valence-electron chi connectivity index (χ2n) is 19.6. The van der Waals surface area contributed by atoms with E-state index in [-0.39, 0.29) is 72.3 Å². The van der Waals surface area contributed by atoms with E-state index in [1.165, 1.54) is 127 Å². The Labute approximate surface area is 463 Å². The number of fused-ring (bicyclic) bond motifs is 5. The van der Waals surface area contributed by atoms with Gasteiger partial charge in [-0.25, -0.2) is 9.59 Å². The van der Waals surface area contributed by atoms with Crippen LogP contribution in [0.25, 0.3) is 11.1 Å². The summed E-state index contributed by atoms with van der Waals surface area (Å²) in [6.07, 6.45) is 10.9. The average molecular weight is 1120 g/mol. The SMILES string of the molecule is CCCCCCCCCCCCCCCC(=O)N(C)[C@H](CO)C(=O)N[C@H](C)C(=O)CCC(=O)N(C)[C@@H]1C(=O)C[C@@H](C)C(=O)N[C@H](C(=O)NCC(O)C(=O)OC)Cc2ccc(O)c(c2)-c2cc1ccc2O.Cl.NCC(O)C(=O)O. The maximum atomic E-state index is 14.2. The van der Waals surface area contributed by atoms with Crippen molar-refractivity contribution in [1.82, 2.24) is 25.8 Å². The lowest BCUT2D eigenvalue weighted by Crippen LogP contribution is -2.53. The normalized spacial score (nSPS) is 16.7. The maximum absolute atomic E-state index is 14.2. The van der Waals surface area contributed by atoms with Gasteiger partial charge in [-0.15, -0.1) is 12.4 Å². The standard InChI is InChI=1S/C52H77N5O13.C3H7NO3.ClH/c1-7-8-9-10-11-12-13-14-15-16-17-18-19-20-46(64)56(4)40(32-58)51(68)54-34(3)41(59)25-26-47(65)57(5)48-36-22-24-43(61)38(30-36)37-28-35(21-23-42(37)60)29-39(55-49(66)33(2)27-44(48)62)50(67)53-31-45(63)52(69)70-6;4-1-2(5)3(6)7;/h21-24,28,30,33-34,39-40,45,48,58,60-61,63H,7-20,25-27,29,31-32H2,1-6H3,(H,53,67)(H,54,68)(H,55,66);2,5H,1,4H2,(H,6,7);1H/t33-,34-,39+,40-,45?,48+;;/m1../s1. The van der Waals surface area contributed by atoms with Crippen LogP contribution in [-0.4, -0.2) is 165 Å². The number of amides is 5. The number of Topliss-reactive ketones (excluding diaryl/α,β-unsaturated/α-hetero) is 2. The second-order valence-corrected chi connectivity index (χ2v) is 19.6. The number of carboxylic acids is 1. The van der Waals surface area contributed by atoms with Crippen LogP contribution in [0, 0.1) is 5.92 Å². The van der Waals surface area contributed by atoms with E-state index in [2.05, 4.69) is 27.6 Å². The number of nitrogens with zero attached hydrogens (tertiary/aromatic N) is 2. The molecular formula is C55H85ClN6O16. The number of likely N-dealkylation sites (N-methyl/N-ethyl adjacent to an activating group) is 2. The van der Waals surface area contributed by atoms with Crippen molar-refractivity contribution in [3.63, 3.8) is 0 Å². The molecule has 78 heavy (non-hydrogen) atoms. The van der Waals surface area contributed by atoms with Crippen LogP contribution in [0.2, 0.25) is 0 Å². The molecular weight excluding hydrogens is 1040 g/mol. The van der Waals surface area contributed by atoms with Gasteiger partial charge >= 0.3 is 11.9 Å². The maximum Gasteiger partial charge on any atom is 0.336 e. The Hall–Kier alpha value is -6.20. The van der Waals surface area contributed by atoms with Crippen molar-refractivity contribution >= 4 is 65.4 Å². The fourth-order valence-electron chi connectivity index (χ4n) is 8.58. The average Bonchev–Trinajstić information content (AvgIpc) is 3.43. The summed E-state index contributed by atoms with van der Waals surface area (Å²) in [6.45, 7) is 3.67. The first-order valence-electron chi connectivity index (χ1n) is 26.6. The number of ketones is 2. The molecule has 1 aliphatic rings. The van der Waals surface area contributed by atoms with Crippen LogP contribution in [0.3, 0.4) is 0 Å². The van der Waals surface area contributed by atoms with E-state index in [9.17, 15) is 63.6 Å². The number of aliphatic carboxylic acids is 1. The van der Waals surface area contributed by atoms with Crippen LogP contribution in [0.4, 0.5) is 0 Å². The number of aliphatic hydroxyl groups excluding tert-OH is 3. The Morgan fingerprint density at radius 1 is 0.782 bits per heavy atom. The zero-order valence-corrected chi connectivity index (χ0v) is 46.8. The Morgan fingerprint density at radius 2 is 1.33 bits per heavy atom. The van der Waals surface area contributed by atoms with Crippen molar-refractivity contribution in [3.05, 3.63) is 47.5 Å². The molecule has 438 valence electrons. The highest BCUT2D eigenvalue weighted by Gasteiger charge is 2.35. The van der Waals surface area contributed by atoms with Gasteiger partial charge in [0.25, 0.3) is 0 Å². The molecule has 4 bridgehead atoms. The number of carboxylic acid groups (broad SMARTS) is 1. The number of hydrogen-bond acceptors (Lipinski definition) is 16. The number of methoxy groups -OCH3 is 1. The number of halogens is 1. The summed E-state index contributed by atoms with van der Waals surface area (Å²) < 4.78 is 4.50. The largest absolute Gasteiger partial charge is 0.507 e. The highest BCUT2D eigenvalue weighted by molar-refractivity contribution is 5.97. The van der Waals surface area contributed by atoms with Crippen LogP contribution >= 0.6 is 12.4 Å². The Morgan fingerprint density at radius 3 is 1.86 bits per heavy atom. The number of aliphatic hydroxyl groups is 3. The summed E-state index contributed by atoms with van der Waals surface area (Å²) in [6, 6.07) is 3.45. The van der Waals surface area contributed by atoms with Crippen molar-refractivity contribution in [2.45, 2.75) is 173 Å². The van der Waals surface area contributed by atoms with Gasteiger partial charge in [0.05, 0.1) is 26.3 Å². The quantitative estimate of drug-likeness (QED) is 0.0411. The number of aromatic hydroxyl groups is 2. The Balaban J connectivity index is 0.00000354. The lowest BCUT2D eigenvalue weighted by molar-refractivity contribution is -0.150. The van der Waals surface area contributed by atoms with Gasteiger partial charge in [-0.3, -0.25) is 33.6 Å². The summed E-state index contributed by atoms with van der Waals surface area (Å²) in [5.74, 6) is -8.19. The number of hydrogen-bond donors (Lipinski definition) is 10. The number of unbranched alkanes of at least 4 members (excludes halogenated alkanes) is 12. The Kier molecular flexibility index (Phi) is 32.9. The minimum absolute atomic E-state index is 0. The second kappa shape index (κ2) is 36.8. The number of phenolic OH excluding ortho intramolecular Hbond substituents is 2. The fraction of sp³-hybridized carbons (Fsp3) is 0.618. The molecule has 11 N–H and O–H groups in total. The molecule has 0 saturated heterocycles. The molecule has 0 saturated carbocycles. The zero-order valence-electron chi connectivity index (χ0n) is 46.0. The topological polar surface area (TPSA) is 353 Å². The molecule has 22 nitrogen and oxygen atoms in total. The number of rotatable bonds is 29. The molecule has 1 heterocycles. The third-order valence-electron chi connectivity index (χ3n) is 13.5. The van der Waals surface area contributed by atoms with Crippen LogP contribution < -0.4 is 21.7 Å².